The number of aliphatic carboxylic acids is 1. The second-order valence-corrected chi connectivity index (χ2v) is 4.65. The molecular weight excluding hydrogens is 230 g/mol. The standard InChI is InChI=1S/C14H19NO3/c16-14(17)7-9-18-13-6-8-15(11-13)10-12-4-2-1-3-5-12/h1-5,13H,6-11H2,(H,16,17). The SMILES string of the molecule is O=C(O)CCOC1CCN(Cc2ccccc2)C1. The Kier molecular flexibility index (Phi) is 4.73. The van der Waals surface area contributed by atoms with Gasteiger partial charge >= 0.3 is 5.97 Å². The summed E-state index contributed by atoms with van der Waals surface area (Å²) >= 11 is 0. The van der Waals surface area contributed by atoms with E-state index in [2.05, 4.69) is 17.0 Å². The van der Waals surface area contributed by atoms with Crippen LogP contribution in [0.1, 0.15) is 18.4 Å². The van der Waals surface area contributed by atoms with Crippen molar-refractivity contribution in [2.24, 2.45) is 0 Å². The first-order valence-electron chi connectivity index (χ1n) is 6.34. The van der Waals surface area contributed by atoms with Gasteiger partial charge in [-0.05, 0) is 12.0 Å². The Morgan fingerprint density at radius 1 is 1.39 bits per heavy atom. The number of hydrogen-bond acceptors (Lipinski definition) is 3. The molecule has 4 heteroatoms. The van der Waals surface area contributed by atoms with E-state index in [4.69, 9.17) is 9.84 Å². The van der Waals surface area contributed by atoms with Crippen LogP contribution in [0.5, 0.6) is 0 Å². The molecule has 0 bridgehead atoms. The molecule has 2 rings (SSSR count). The molecule has 1 aromatic carbocycles. The number of ether oxygens (including phenoxy) is 1. The highest BCUT2D eigenvalue weighted by molar-refractivity contribution is 5.66. The lowest BCUT2D eigenvalue weighted by Crippen LogP contribution is -2.23. The minimum atomic E-state index is -0.797. The minimum absolute atomic E-state index is 0.0924. The number of hydrogen-bond donors (Lipinski definition) is 1. The highest BCUT2D eigenvalue weighted by atomic mass is 16.5. The summed E-state index contributed by atoms with van der Waals surface area (Å²) in [6, 6.07) is 10.4. The summed E-state index contributed by atoms with van der Waals surface area (Å²) in [4.78, 5) is 12.7. The first kappa shape index (κ1) is 13.1. The van der Waals surface area contributed by atoms with Crippen LogP contribution in [-0.4, -0.2) is 41.8 Å². The van der Waals surface area contributed by atoms with Crippen molar-refractivity contribution < 1.29 is 14.6 Å². The second-order valence-electron chi connectivity index (χ2n) is 4.65. The predicted molar refractivity (Wildman–Crippen MR) is 68.3 cm³/mol. The molecule has 1 fully saturated rings. The number of benzene rings is 1. The van der Waals surface area contributed by atoms with E-state index in [0.29, 0.717) is 6.61 Å². The van der Waals surface area contributed by atoms with E-state index in [0.717, 1.165) is 26.1 Å². The van der Waals surface area contributed by atoms with Crippen molar-refractivity contribution >= 4 is 5.97 Å². The molecule has 0 aliphatic carbocycles. The lowest BCUT2D eigenvalue weighted by Gasteiger charge is -2.16. The molecule has 0 amide bonds. The number of carboxylic acids is 1. The van der Waals surface area contributed by atoms with Crippen molar-refractivity contribution in [3.63, 3.8) is 0 Å². The topological polar surface area (TPSA) is 49.8 Å². The summed E-state index contributed by atoms with van der Waals surface area (Å²) in [5.74, 6) is -0.797. The van der Waals surface area contributed by atoms with E-state index in [1.54, 1.807) is 0 Å². The molecule has 1 aromatic rings. The van der Waals surface area contributed by atoms with Crippen LogP contribution in [0.4, 0.5) is 0 Å². The molecule has 1 heterocycles. The number of carboxylic acid groups (broad SMARTS) is 1. The molecule has 1 saturated heterocycles. The average Bonchev–Trinajstić information content (AvgIpc) is 2.78. The van der Waals surface area contributed by atoms with Crippen LogP contribution >= 0.6 is 0 Å². The van der Waals surface area contributed by atoms with Gasteiger partial charge in [0.05, 0.1) is 19.1 Å². The van der Waals surface area contributed by atoms with Gasteiger partial charge in [0.2, 0.25) is 0 Å². The predicted octanol–water partition coefficient (Wildman–Crippen LogP) is 1.75. The zero-order chi connectivity index (χ0) is 12.8. The molecule has 0 saturated carbocycles. The third kappa shape index (κ3) is 4.13. The van der Waals surface area contributed by atoms with Gasteiger partial charge in [-0.15, -0.1) is 0 Å². The molecule has 4 nitrogen and oxygen atoms in total. The van der Waals surface area contributed by atoms with Crippen LogP contribution in [0.2, 0.25) is 0 Å². The fourth-order valence-electron chi connectivity index (χ4n) is 2.23. The summed E-state index contributed by atoms with van der Waals surface area (Å²) < 4.78 is 5.56. The van der Waals surface area contributed by atoms with E-state index >= 15 is 0 Å². The Balaban J connectivity index is 1.70. The fourth-order valence-corrected chi connectivity index (χ4v) is 2.23. The second kappa shape index (κ2) is 6.52. The molecule has 18 heavy (non-hydrogen) atoms. The minimum Gasteiger partial charge on any atom is -0.481 e. The van der Waals surface area contributed by atoms with E-state index in [-0.39, 0.29) is 12.5 Å². The van der Waals surface area contributed by atoms with Crippen LogP contribution < -0.4 is 0 Å². The number of likely N-dealkylation sites (tertiary alicyclic amines) is 1. The van der Waals surface area contributed by atoms with Gasteiger partial charge in [0.15, 0.2) is 0 Å². The van der Waals surface area contributed by atoms with E-state index < -0.39 is 5.97 Å². The monoisotopic (exact) mass is 249 g/mol. The number of nitrogens with zero attached hydrogens (tertiary/aromatic N) is 1. The van der Waals surface area contributed by atoms with Crippen LogP contribution in [-0.2, 0) is 16.1 Å². The molecule has 1 unspecified atom stereocenters. The molecule has 0 aromatic heterocycles. The van der Waals surface area contributed by atoms with Crippen molar-refractivity contribution in [3.8, 4) is 0 Å². The Morgan fingerprint density at radius 3 is 2.89 bits per heavy atom. The maximum absolute atomic E-state index is 10.4. The zero-order valence-electron chi connectivity index (χ0n) is 10.4. The van der Waals surface area contributed by atoms with Gasteiger partial charge < -0.3 is 9.84 Å². The summed E-state index contributed by atoms with van der Waals surface area (Å²) in [6.07, 6.45) is 1.27. The normalized spacial score (nSPS) is 20.1. The van der Waals surface area contributed by atoms with Crippen LogP contribution in [0, 0.1) is 0 Å². The third-order valence-corrected chi connectivity index (χ3v) is 3.15. The third-order valence-electron chi connectivity index (χ3n) is 3.15. The maximum atomic E-state index is 10.4. The maximum Gasteiger partial charge on any atom is 0.305 e. The highest BCUT2D eigenvalue weighted by Crippen LogP contribution is 2.15. The molecule has 1 N–H and O–H groups in total. The van der Waals surface area contributed by atoms with Crippen LogP contribution in [0.25, 0.3) is 0 Å². The van der Waals surface area contributed by atoms with Gasteiger partial charge in [-0.2, -0.15) is 0 Å². The van der Waals surface area contributed by atoms with Crippen molar-refractivity contribution in [1.29, 1.82) is 0 Å². The lowest BCUT2D eigenvalue weighted by molar-refractivity contribution is -0.138. The quantitative estimate of drug-likeness (QED) is 0.834. The van der Waals surface area contributed by atoms with Gasteiger partial charge in [-0.1, -0.05) is 30.3 Å². The number of rotatable bonds is 6. The van der Waals surface area contributed by atoms with Gasteiger partial charge in [-0.3, -0.25) is 9.69 Å². The first-order chi connectivity index (χ1) is 8.74. The average molecular weight is 249 g/mol. The van der Waals surface area contributed by atoms with E-state index in [9.17, 15) is 4.79 Å². The highest BCUT2D eigenvalue weighted by Gasteiger charge is 2.22. The van der Waals surface area contributed by atoms with E-state index in [1.165, 1.54) is 5.56 Å². The van der Waals surface area contributed by atoms with Crippen molar-refractivity contribution in [2.75, 3.05) is 19.7 Å². The van der Waals surface area contributed by atoms with Gasteiger partial charge in [0, 0.05) is 19.6 Å². The first-order valence-corrected chi connectivity index (χ1v) is 6.34. The molecule has 1 aliphatic rings. The largest absolute Gasteiger partial charge is 0.481 e. The van der Waals surface area contributed by atoms with Crippen LogP contribution in [0.15, 0.2) is 30.3 Å². The number of carbonyl (C=O) groups is 1. The van der Waals surface area contributed by atoms with Gasteiger partial charge in [0.1, 0.15) is 0 Å². The van der Waals surface area contributed by atoms with Crippen molar-refractivity contribution in [1.82, 2.24) is 4.90 Å². The van der Waals surface area contributed by atoms with E-state index in [1.807, 2.05) is 18.2 Å². The van der Waals surface area contributed by atoms with Crippen molar-refractivity contribution in [2.45, 2.75) is 25.5 Å². The van der Waals surface area contributed by atoms with Gasteiger partial charge in [-0.25, -0.2) is 0 Å². The molecular formula is C14H19NO3. The molecule has 1 atom stereocenters. The molecule has 98 valence electrons. The lowest BCUT2D eigenvalue weighted by atomic mass is 10.2. The molecule has 1 aliphatic heterocycles. The Hall–Kier alpha value is -1.39. The smallest absolute Gasteiger partial charge is 0.305 e. The van der Waals surface area contributed by atoms with Gasteiger partial charge in [0.25, 0.3) is 0 Å². The summed E-state index contributed by atoms with van der Waals surface area (Å²) in [7, 11) is 0. The van der Waals surface area contributed by atoms with Crippen molar-refractivity contribution in [3.05, 3.63) is 35.9 Å². The molecule has 0 radical (unpaired) electrons. The summed E-state index contributed by atoms with van der Waals surface area (Å²) in [5.41, 5.74) is 1.31. The molecule has 0 spiro atoms. The fraction of sp³-hybridized carbons (Fsp3) is 0.500. The Labute approximate surface area is 107 Å². The Bertz CT molecular complexity index is 380. The summed E-state index contributed by atoms with van der Waals surface area (Å²) in [5, 5.41) is 8.54. The zero-order valence-corrected chi connectivity index (χ0v) is 10.4. The Morgan fingerprint density at radius 2 is 2.17 bits per heavy atom. The summed E-state index contributed by atoms with van der Waals surface area (Å²) in [6.45, 7) is 3.18. The van der Waals surface area contributed by atoms with Crippen LogP contribution in [0.3, 0.4) is 0 Å².